The Morgan fingerprint density at radius 3 is 2.84 bits per heavy atom. The van der Waals surface area contributed by atoms with E-state index >= 15 is 0 Å². The molecule has 8 heteroatoms. The monoisotopic (exact) mass is 414 g/mol. The zero-order chi connectivity index (χ0) is 21.4. The van der Waals surface area contributed by atoms with Crippen LogP contribution in [-0.2, 0) is 7.05 Å². The summed E-state index contributed by atoms with van der Waals surface area (Å²) in [6, 6.07) is 11.9. The highest BCUT2D eigenvalue weighted by molar-refractivity contribution is 5.84. The van der Waals surface area contributed by atoms with Crippen LogP contribution in [0.15, 0.2) is 61.2 Å². The second kappa shape index (κ2) is 7.64. The van der Waals surface area contributed by atoms with Gasteiger partial charge in [0.25, 0.3) is 0 Å². The van der Waals surface area contributed by atoms with Gasteiger partial charge in [-0.05, 0) is 25.1 Å². The van der Waals surface area contributed by atoms with E-state index in [1.807, 2.05) is 59.8 Å². The van der Waals surface area contributed by atoms with E-state index in [9.17, 15) is 0 Å². The van der Waals surface area contributed by atoms with E-state index in [1.165, 1.54) is 0 Å². The molecule has 0 radical (unpaired) electrons. The lowest BCUT2D eigenvalue weighted by molar-refractivity contribution is 0.311. The van der Waals surface area contributed by atoms with Crippen LogP contribution in [0.5, 0.6) is 11.5 Å². The lowest BCUT2D eigenvalue weighted by Crippen LogP contribution is -2.01. The highest BCUT2D eigenvalue weighted by atomic mass is 16.5. The molecule has 156 valence electrons. The molecule has 1 N–H and O–H groups in total. The number of aryl methyl sites for hydroxylation is 1. The smallest absolute Gasteiger partial charge is 0.180 e. The summed E-state index contributed by atoms with van der Waals surface area (Å²) >= 11 is 0. The minimum atomic E-state index is 0.572. The molecule has 0 aliphatic heterocycles. The first-order valence-electron chi connectivity index (χ1n) is 10.00. The summed E-state index contributed by atoms with van der Waals surface area (Å²) in [5, 5.41) is 8.80. The minimum Gasteiger partial charge on any atom is -0.493 e. The highest BCUT2D eigenvalue weighted by Crippen LogP contribution is 2.32. The van der Waals surface area contributed by atoms with Gasteiger partial charge in [0.2, 0.25) is 0 Å². The van der Waals surface area contributed by atoms with Gasteiger partial charge in [0.15, 0.2) is 23.0 Å². The SMILES string of the molecule is CCOc1ccc(Nc2nc(-c3ccc4cnn(C)c4c3)cn3ccnc23)cc1OC. The number of hydrogen-bond donors (Lipinski definition) is 1. The molecule has 8 nitrogen and oxygen atoms in total. The molecule has 3 heterocycles. The molecular formula is C23H22N6O2. The fourth-order valence-electron chi connectivity index (χ4n) is 3.61. The van der Waals surface area contributed by atoms with Gasteiger partial charge < -0.3 is 19.2 Å². The van der Waals surface area contributed by atoms with Crippen LogP contribution in [0.3, 0.4) is 0 Å². The first-order valence-corrected chi connectivity index (χ1v) is 10.00. The van der Waals surface area contributed by atoms with Crippen LogP contribution in [0.2, 0.25) is 0 Å². The molecule has 0 atom stereocenters. The third-order valence-electron chi connectivity index (χ3n) is 5.15. The zero-order valence-electron chi connectivity index (χ0n) is 17.5. The molecule has 0 spiro atoms. The Kier molecular flexibility index (Phi) is 4.66. The number of benzene rings is 2. The molecule has 3 aromatic heterocycles. The van der Waals surface area contributed by atoms with Crippen LogP contribution in [0.1, 0.15) is 6.92 Å². The van der Waals surface area contributed by atoms with Crippen molar-refractivity contribution in [2.45, 2.75) is 6.92 Å². The number of aromatic nitrogens is 5. The van der Waals surface area contributed by atoms with Crippen LogP contribution < -0.4 is 14.8 Å². The number of nitrogens with one attached hydrogen (secondary N) is 1. The molecule has 5 aromatic rings. The second-order valence-corrected chi connectivity index (χ2v) is 7.10. The number of imidazole rings is 1. The summed E-state index contributed by atoms with van der Waals surface area (Å²) in [5.41, 5.74) is 4.44. The van der Waals surface area contributed by atoms with Gasteiger partial charge in [-0.15, -0.1) is 0 Å². The Balaban J connectivity index is 1.57. The Bertz CT molecular complexity index is 1390. The Morgan fingerprint density at radius 1 is 1.10 bits per heavy atom. The number of rotatable bonds is 6. The molecule has 0 aliphatic carbocycles. The maximum Gasteiger partial charge on any atom is 0.180 e. The van der Waals surface area contributed by atoms with Crippen LogP contribution >= 0.6 is 0 Å². The molecule has 0 aliphatic rings. The zero-order valence-corrected chi connectivity index (χ0v) is 17.5. The average molecular weight is 414 g/mol. The van der Waals surface area contributed by atoms with Crippen molar-refractivity contribution < 1.29 is 9.47 Å². The van der Waals surface area contributed by atoms with Gasteiger partial charge in [-0.1, -0.05) is 12.1 Å². The Morgan fingerprint density at radius 2 is 2.00 bits per heavy atom. The first-order chi connectivity index (χ1) is 15.2. The number of hydrogen-bond acceptors (Lipinski definition) is 6. The fraction of sp³-hybridized carbons (Fsp3) is 0.174. The quantitative estimate of drug-likeness (QED) is 0.443. The van der Waals surface area contributed by atoms with E-state index in [0.717, 1.165) is 33.5 Å². The van der Waals surface area contributed by atoms with Crippen molar-refractivity contribution in [3.63, 3.8) is 0 Å². The summed E-state index contributed by atoms with van der Waals surface area (Å²) in [6.45, 7) is 2.52. The molecule has 0 unspecified atom stereocenters. The van der Waals surface area contributed by atoms with Gasteiger partial charge in [0, 0.05) is 48.3 Å². The number of nitrogens with zero attached hydrogens (tertiary/aromatic N) is 5. The number of anilines is 2. The van der Waals surface area contributed by atoms with Crippen LogP contribution in [-0.4, -0.2) is 37.9 Å². The van der Waals surface area contributed by atoms with E-state index in [1.54, 1.807) is 13.3 Å². The van der Waals surface area contributed by atoms with Gasteiger partial charge in [0.1, 0.15) is 0 Å². The topological polar surface area (TPSA) is 78.5 Å². The standard InChI is InChI=1S/C23H22N6O2/c1-4-31-20-8-7-17(12-21(20)30-3)26-22-23-24-9-10-29(23)14-18(27-22)15-5-6-16-13-25-28(2)19(16)11-15/h5-14H,4H2,1-3H3,(H,26,27). The van der Waals surface area contributed by atoms with Gasteiger partial charge in [0.05, 0.1) is 31.1 Å². The summed E-state index contributed by atoms with van der Waals surface area (Å²) in [4.78, 5) is 9.34. The van der Waals surface area contributed by atoms with Crippen molar-refractivity contribution >= 4 is 28.1 Å². The summed E-state index contributed by atoms with van der Waals surface area (Å²) < 4.78 is 14.9. The molecule has 0 saturated heterocycles. The highest BCUT2D eigenvalue weighted by Gasteiger charge is 2.12. The van der Waals surface area contributed by atoms with Gasteiger partial charge >= 0.3 is 0 Å². The first kappa shape index (κ1) is 18.9. The van der Waals surface area contributed by atoms with E-state index in [4.69, 9.17) is 14.5 Å². The molecule has 2 aromatic carbocycles. The molecule has 0 bridgehead atoms. The maximum atomic E-state index is 5.61. The van der Waals surface area contributed by atoms with Gasteiger partial charge in [-0.2, -0.15) is 5.10 Å². The minimum absolute atomic E-state index is 0.572. The predicted molar refractivity (Wildman–Crippen MR) is 120 cm³/mol. The van der Waals surface area contributed by atoms with E-state index in [2.05, 4.69) is 33.6 Å². The van der Waals surface area contributed by atoms with Crippen LogP contribution in [0.4, 0.5) is 11.5 Å². The Labute approximate surface area is 179 Å². The molecule has 0 saturated carbocycles. The van der Waals surface area contributed by atoms with Crippen LogP contribution in [0.25, 0.3) is 27.8 Å². The third-order valence-corrected chi connectivity index (χ3v) is 5.15. The van der Waals surface area contributed by atoms with Crippen molar-refractivity contribution in [1.29, 1.82) is 0 Å². The van der Waals surface area contributed by atoms with Gasteiger partial charge in [-0.25, -0.2) is 9.97 Å². The van der Waals surface area contributed by atoms with Crippen molar-refractivity contribution in [3.8, 4) is 22.8 Å². The summed E-state index contributed by atoms with van der Waals surface area (Å²) in [6.07, 6.45) is 7.50. The number of methoxy groups -OCH3 is 1. The largest absolute Gasteiger partial charge is 0.493 e. The summed E-state index contributed by atoms with van der Waals surface area (Å²) in [7, 11) is 3.56. The fourth-order valence-corrected chi connectivity index (χ4v) is 3.61. The molecule has 31 heavy (non-hydrogen) atoms. The van der Waals surface area contributed by atoms with Crippen molar-refractivity contribution in [1.82, 2.24) is 24.1 Å². The normalized spacial score (nSPS) is 11.2. The predicted octanol–water partition coefficient (Wildman–Crippen LogP) is 4.43. The van der Waals surface area contributed by atoms with Gasteiger partial charge in [-0.3, -0.25) is 4.68 Å². The molecule has 0 amide bonds. The second-order valence-electron chi connectivity index (χ2n) is 7.10. The lowest BCUT2D eigenvalue weighted by atomic mass is 10.1. The van der Waals surface area contributed by atoms with E-state index < -0.39 is 0 Å². The van der Waals surface area contributed by atoms with Crippen molar-refractivity contribution in [2.75, 3.05) is 19.0 Å². The average Bonchev–Trinajstić information content (AvgIpc) is 3.41. The Hall–Kier alpha value is -4.07. The summed E-state index contributed by atoms with van der Waals surface area (Å²) in [5.74, 6) is 2.01. The van der Waals surface area contributed by atoms with Crippen molar-refractivity contribution in [2.24, 2.45) is 7.05 Å². The van der Waals surface area contributed by atoms with Crippen LogP contribution in [0, 0.1) is 0 Å². The number of fused-ring (bicyclic) bond motifs is 2. The van der Waals surface area contributed by atoms with E-state index in [0.29, 0.717) is 23.9 Å². The third kappa shape index (κ3) is 3.42. The molecule has 5 rings (SSSR count). The molecular weight excluding hydrogens is 392 g/mol. The molecule has 0 fully saturated rings. The lowest BCUT2D eigenvalue weighted by Gasteiger charge is -2.13. The maximum absolute atomic E-state index is 5.61. The van der Waals surface area contributed by atoms with Crippen molar-refractivity contribution in [3.05, 3.63) is 61.2 Å². The number of ether oxygens (including phenoxy) is 2. The van der Waals surface area contributed by atoms with E-state index in [-0.39, 0.29) is 0 Å².